The van der Waals surface area contributed by atoms with Crippen LogP contribution < -0.4 is 9.73 Å². The number of hydrazone groups is 1. The second kappa shape index (κ2) is 9.27. The predicted octanol–water partition coefficient (Wildman–Crippen LogP) is 2.87. The number of hydrogen-bond acceptors (Lipinski definition) is 5. The van der Waals surface area contributed by atoms with Crippen molar-refractivity contribution in [2.24, 2.45) is 5.10 Å². The van der Waals surface area contributed by atoms with E-state index in [1.807, 2.05) is 6.92 Å². The molecular formula is C21H19FN4O3S. The summed E-state index contributed by atoms with van der Waals surface area (Å²) in [7, 11) is -4.11. The van der Waals surface area contributed by atoms with E-state index in [1.54, 1.807) is 48.8 Å². The van der Waals surface area contributed by atoms with Gasteiger partial charge in [0.05, 0.1) is 16.8 Å². The number of amides is 1. The lowest BCUT2D eigenvalue weighted by Gasteiger charge is -2.23. The minimum atomic E-state index is -4.11. The van der Waals surface area contributed by atoms with Crippen molar-refractivity contribution in [3.05, 3.63) is 90.0 Å². The molecule has 0 saturated heterocycles. The molecule has 1 amide bonds. The van der Waals surface area contributed by atoms with E-state index in [2.05, 4.69) is 15.5 Å². The fourth-order valence-electron chi connectivity index (χ4n) is 2.56. The van der Waals surface area contributed by atoms with Crippen LogP contribution in [0.2, 0.25) is 0 Å². The standard InChI is InChI=1S/C21H19FN4O3S/c1-16-4-8-19(9-5-16)26(30(28,29)20-10-6-18(22)7-11-20)15-21(27)25-24-14-17-3-2-12-23-13-17/h2-14H,15H2,1H3,(H,25,27)/b24-14-. The first kappa shape index (κ1) is 21.1. The summed E-state index contributed by atoms with van der Waals surface area (Å²) in [5.41, 5.74) is 4.22. The van der Waals surface area contributed by atoms with Gasteiger partial charge in [-0.3, -0.25) is 14.1 Å². The lowest BCUT2D eigenvalue weighted by Crippen LogP contribution is -2.39. The Kier molecular flexibility index (Phi) is 6.53. The van der Waals surface area contributed by atoms with Crippen LogP contribution in [0.15, 0.2) is 83.1 Å². The van der Waals surface area contributed by atoms with Gasteiger partial charge in [-0.1, -0.05) is 23.8 Å². The van der Waals surface area contributed by atoms with Gasteiger partial charge >= 0.3 is 0 Å². The van der Waals surface area contributed by atoms with Crippen molar-refractivity contribution in [1.82, 2.24) is 10.4 Å². The molecule has 3 aromatic rings. The van der Waals surface area contributed by atoms with Gasteiger partial charge in [0.1, 0.15) is 12.4 Å². The quantitative estimate of drug-likeness (QED) is 0.465. The number of pyridine rings is 1. The summed E-state index contributed by atoms with van der Waals surface area (Å²) in [5, 5.41) is 3.83. The van der Waals surface area contributed by atoms with E-state index in [9.17, 15) is 17.6 Å². The third-order valence-electron chi connectivity index (χ3n) is 4.10. The van der Waals surface area contributed by atoms with E-state index in [1.165, 1.54) is 6.21 Å². The Balaban J connectivity index is 1.84. The van der Waals surface area contributed by atoms with Crippen LogP contribution in [0.25, 0.3) is 0 Å². The second-order valence-corrected chi connectivity index (χ2v) is 8.24. The topological polar surface area (TPSA) is 91.7 Å². The highest BCUT2D eigenvalue weighted by molar-refractivity contribution is 7.92. The Hall–Kier alpha value is -3.59. The van der Waals surface area contributed by atoms with Crippen molar-refractivity contribution in [2.75, 3.05) is 10.8 Å². The van der Waals surface area contributed by atoms with E-state index in [0.717, 1.165) is 34.1 Å². The summed E-state index contributed by atoms with van der Waals surface area (Å²) in [6.07, 6.45) is 4.57. The molecule has 3 rings (SSSR count). The zero-order valence-corrected chi connectivity index (χ0v) is 16.9. The molecule has 0 spiro atoms. The number of carbonyl (C=O) groups excluding carboxylic acids is 1. The van der Waals surface area contributed by atoms with Crippen LogP contribution in [-0.2, 0) is 14.8 Å². The molecule has 0 atom stereocenters. The Morgan fingerprint density at radius 3 is 2.47 bits per heavy atom. The average Bonchev–Trinajstić information content (AvgIpc) is 2.74. The molecule has 0 fully saturated rings. The maximum Gasteiger partial charge on any atom is 0.264 e. The van der Waals surface area contributed by atoms with E-state index in [0.29, 0.717) is 11.3 Å². The number of anilines is 1. The molecule has 154 valence electrons. The molecule has 0 aliphatic carbocycles. The summed E-state index contributed by atoms with van der Waals surface area (Å²) in [5.74, 6) is -1.19. The lowest BCUT2D eigenvalue weighted by molar-refractivity contribution is -0.119. The third-order valence-corrected chi connectivity index (χ3v) is 5.89. The number of carbonyl (C=O) groups is 1. The van der Waals surface area contributed by atoms with E-state index < -0.39 is 28.3 Å². The molecule has 1 N–H and O–H groups in total. The molecule has 0 radical (unpaired) electrons. The first-order valence-corrected chi connectivity index (χ1v) is 10.4. The van der Waals surface area contributed by atoms with E-state index >= 15 is 0 Å². The number of nitrogens with zero attached hydrogens (tertiary/aromatic N) is 3. The number of nitrogens with one attached hydrogen (secondary N) is 1. The molecule has 1 heterocycles. The summed E-state index contributed by atoms with van der Waals surface area (Å²) in [6.45, 7) is 1.36. The molecule has 2 aromatic carbocycles. The average molecular weight is 426 g/mol. The molecule has 30 heavy (non-hydrogen) atoms. The zero-order chi connectivity index (χ0) is 21.6. The molecule has 0 saturated carbocycles. The Morgan fingerprint density at radius 2 is 1.83 bits per heavy atom. The normalized spacial score (nSPS) is 11.4. The highest BCUT2D eigenvalue weighted by atomic mass is 32.2. The van der Waals surface area contributed by atoms with Gasteiger partial charge in [0.25, 0.3) is 15.9 Å². The largest absolute Gasteiger partial charge is 0.271 e. The van der Waals surface area contributed by atoms with E-state index in [-0.39, 0.29) is 4.90 Å². The first-order chi connectivity index (χ1) is 14.4. The van der Waals surface area contributed by atoms with Crippen molar-refractivity contribution < 1.29 is 17.6 Å². The van der Waals surface area contributed by atoms with Gasteiger partial charge in [0.2, 0.25) is 0 Å². The van der Waals surface area contributed by atoms with Crippen LogP contribution >= 0.6 is 0 Å². The highest BCUT2D eigenvalue weighted by Gasteiger charge is 2.27. The number of halogens is 1. The van der Waals surface area contributed by atoms with Gasteiger partial charge in [0, 0.05) is 18.0 Å². The molecule has 0 bridgehead atoms. The number of rotatable bonds is 7. The zero-order valence-electron chi connectivity index (χ0n) is 16.1. The van der Waals surface area contributed by atoms with Crippen molar-refractivity contribution in [3.8, 4) is 0 Å². The van der Waals surface area contributed by atoms with E-state index in [4.69, 9.17) is 0 Å². The van der Waals surface area contributed by atoms with Crippen molar-refractivity contribution in [2.45, 2.75) is 11.8 Å². The molecular weight excluding hydrogens is 407 g/mol. The van der Waals surface area contributed by atoms with Crippen molar-refractivity contribution in [3.63, 3.8) is 0 Å². The maximum absolute atomic E-state index is 13.2. The minimum absolute atomic E-state index is 0.129. The first-order valence-electron chi connectivity index (χ1n) is 8.93. The number of aryl methyl sites for hydroxylation is 1. The van der Waals surface area contributed by atoms with Crippen molar-refractivity contribution in [1.29, 1.82) is 0 Å². The molecule has 0 aliphatic heterocycles. The third kappa shape index (κ3) is 5.26. The number of hydrogen-bond donors (Lipinski definition) is 1. The molecule has 1 aromatic heterocycles. The highest BCUT2D eigenvalue weighted by Crippen LogP contribution is 2.24. The number of sulfonamides is 1. The Bertz CT molecular complexity index is 1130. The Morgan fingerprint density at radius 1 is 1.13 bits per heavy atom. The van der Waals surface area contributed by atoms with Crippen LogP contribution in [0, 0.1) is 12.7 Å². The predicted molar refractivity (Wildman–Crippen MR) is 112 cm³/mol. The fraction of sp³-hybridized carbons (Fsp3) is 0.0952. The van der Waals surface area contributed by atoms with Gasteiger partial charge in [0.15, 0.2) is 0 Å². The van der Waals surface area contributed by atoms with Gasteiger partial charge in [-0.05, 0) is 49.4 Å². The van der Waals surface area contributed by atoms with Crippen LogP contribution in [0.3, 0.4) is 0 Å². The van der Waals surface area contributed by atoms with Gasteiger partial charge in [-0.25, -0.2) is 18.2 Å². The number of benzene rings is 2. The maximum atomic E-state index is 13.2. The summed E-state index contributed by atoms with van der Waals surface area (Å²) in [6, 6.07) is 14.6. The van der Waals surface area contributed by atoms with Gasteiger partial charge in [-0.2, -0.15) is 5.10 Å². The van der Waals surface area contributed by atoms with Crippen LogP contribution in [0.4, 0.5) is 10.1 Å². The second-order valence-electron chi connectivity index (χ2n) is 6.38. The monoisotopic (exact) mass is 426 g/mol. The minimum Gasteiger partial charge on any atom is -0.271 e. The summed E-state index contributed by atoms with van der Waals surface area (Å²) < 4.78 is 40.5. The number of aromatic nitrogens is 1. The van der Waals surface area contributed by atoms with Gasteiger partial charge < -0.3 is 0 Å². The van der Waals surface area contributed by atoms with Crippen LogP contribution in [0.1, 0.15) is 11.1 Å². The van der Waals surface area contributed by atoms with Crippen molar-refractivity contribution >= 4 is 27.8 Å². The lowest BCUT2D eigenvalue weighted by atomic mass is 10.2. The molecule has 7 nitrogen and oxygen atoms in total. The molecule has 0 aliphatic rings. The SMILES string of the molecule is Cc1ccc(N(CC(=O)N/N=C\c2cccnc2)S(=O)(=O)c2ccc(F)cc2)cc1. The summed E-state index contributed by atoms with van der Waals surface area (Å²) in [4.78, 5) is 16.2. The summed E-state index contributed by atoms with van der Waals surface area (Å²) >= 11 is 0. The van der Waals surface area contributed by atoms with Crippen LogP contribution in [-0.4, -0.2) is 32.1 Å². The molecule has 9 heteroatoms. The van der Waals surface area contributed by atoms with Gasteiger partial charge in [-0.15, -0.1) is 0 Å². The Labute approximate surface area is 173 Å². The molecule has 0 unspecified atom stereocenters. The van der Waals surface area contributed by atoms with Crippen LogP contribution in [0.5, 0.6) is 0 Å². The fourth-order valence-corrected chi connectivity index (χ4v) is 3.98. The smallest absolute Gasteiger partial charge is 0.264 e.